The molecule has 2 aliphatic heterocycles. The van der Waals surface area contributed by atoms with E-state index in [1.54, 1.807) is 26.8 Å². The molecule has 12 heteroatoms. The Labute approximate surface area is 214 Å². The lowest BCUT2D eigenvalue weighted by atomic mass is 9.80. The summed E-state index contributed by atoms with van der Waals surface area (Å²) < 4.78 is 10.6. The molecule has 0 spiro atoms. The number of carbonyl (C=O) groups excluding carboxylic acids is 2. The number of thioether (sulfide) groups is 1. The van der Waals surface area contributed by atoms with Crippen LogP contribution in [0.4, 0.5) is 5.69 Å². The molecule has 0 aliphatic carbocycles. The highest BCUT2D eigenvalue weighted by molar-refractivity contribution is 8.14. The zero-order chi connectivity index (χ0) is 24.7. The standard InChI is InChI=1S/C23H28N4O6S.ClH/c1-4-32-21(28)18-14(3)26-17(13-34-23-24-10-7-11-25-23)20(22(29)33-5-2)19(18)15-8-6-9-16(12-15)27(30)31;/h6,8-9,12,19,26H,4-5,7,10-11,13H2,1-3H3,(H,24,25);1H. The number of halogens is 1. The molecule has 35 heavy (non-hydrogen) atoms. The van der Waals surface area contributed by atoms with E-state index < -0.39 is 22.8 Å². The first-order chi connectivity index (χ1) is 16.4. The van der Waals surface area contributed by atoms with Crippen molar-refractivity contribution in [3.8, 4) is 0 Å². The number of nitrogens with one attached hydrogen (secondary N) is 2. The van der Waals surface area contributed by atoms with Gasteiger partial charge in [-0.3, -0.25) is 15.1 Å². The molecule has 1 unspecified atom stereocenters. The quantitative estimate of drug-likeness (QED) is 0.298. The number of nitro groups is 1. The van der Waals surface area contributed by atoms with Crippen LogP contribution in [0.3, 0.4) is 0 Å². The van der Waals surface area contributed by atoms with Crippen LogP contribution in [0.1, 0.15) is 38.7 Å². The average molecular weight is 525 g/mol. The third-order valence-electron chi connectivity index (χ3n) is 5.27. The number of allylic oxidation sites excluding steroid dienone is 1. The van der Waals surface area contributed by atoms with Gasteiger partial charge >= 0.3 is 11.9 Å². The van der Waals surface area contributed by atoms with E-state index in [1.807, 2.05) is 0 Å². The van der Waals surface area contributed by atoms with Gasteiger partial charge in [-0.2, -0.15) is 0 Å². The van der Waals surface area contributed by atoms with Gasteiger partial charge in [-0.05, 0) is 32.8 Å². The van der Waals surface area contributed by atoms with Crippen molar-refractivity contribution in [1.82, 2.24) is 10.6 Å². The van der Waals surface area contributed by atoms with Gasteiger partial charge in [-0.1, -0.05) is 23.9 Å². The van der Waals surface area contributed by atoms with E-state index >= 15 is 0 Å². The monoisotopic (exact) mass is 524 g/mol. The molecule has 10 nitrogen and oxygen atoms in total. The molecular weight excluding hydrogens is 496 g/mol. The van der Waals surface area contributed by atoms with Crippen molar-refractivity contribution in [1.29, 1.82) is 0 Å². The van der Waals surface area contributed by atoms with Crippen LogP contribution in [0.5, 0.6) is 0 Å². The van der Waals surface area contributed by atoms with E-state index in [0.29, 0.717) is 22.7 Å². The second-order valence-corrected chi connectivity index (χ2v) is 8.50. The summed E-state index contributed by atoms with van der Waals surface area (Å²) in [5.41, 5.74) is 1.79. The molecule has 0 saturated heterocycles. The van der Waals surface area contributed by atoms with Crippen molar-refractivity contribution < 1.29 is 24.0 Å². The Morgan fingerprint density at radius 3 is 2.49 bits per heavy atom. The summed E-state index contributed by atoms with van der Waals surface area (Å²) in [6.07, 6.45) is 0.957. The van der Waals surface area contributed by atoms with Crippen LogP contribution in [0.15, 0.2) is 51.8 Å². The number of aliphatic imine (C=N–C) groups is 1. The van der Waals surface area contributed by atoms with Gasteiger partial charge in [0.2, 0.25) is 0 Å². The number of ether oxygens (including phenoxy) is 2. The summed E-state index contributed by atoms with van der Waals surface area (Å²) in [4.78, 5) is 41.6. The highest BCUT2D eigenvalue weighted by atomic mass is 35.5. The van der Waals surface area contributed by atoms with Gasteiger partial charge in [0.1, 0.15) is 0 Å². The van der Waals surface area contributed by atoms with E-state index in [9.17, 15) is 19.7 Å². The van der Waals surface area contributed by atoms with Gasteiger partial charge in [-0.15, -0.1) is 12.4 Å². The molecule has 0 aromatic heterocycles. The summed E-state index contributed by atoms with van der Waals surface area (Å²) in [6.45, 7) is 6.94. The fraction of sp³-hybridized carbons (Fsp3) is 0.435. The summed E-state index contributed by atoms with van der Waals surface area (Å²) in [5.74, 6) is -1.74. The van der Waals surface area contributed by atoms with Crippen LogP contribution >= 0.6 is 24.2 Å². The number of nitro benzene ring substituents is 1. The number of hydrogen-bond acceptors (Lipinski definition) is 10. The number of benzene rings is 1. The van der Waals surface area contributed by atoms with Crippen molar-refractivity contribution in [2.24, 2.45) is 4.99 Å². The largest absolute Gasteiger partial charge is 0.463 e. The average Bonchev–Trinajstić information content (AvgIpc) is 2.83. The van der Waals surface area contributed by atoms with Crippen molar-refractivity contribution in [2.45, 2.75) is 33.1 Å². The lowest BCUT2D eigenvalue weighted by molar-refractivity contribution is -0.384. The third kappa shape index (κ3) is 6.76. The molecule has 0 saturated carbocycles. The summed E-state index contributed by atoms with van der Waals surface area (Å²) in [5, 5.41) is 18.6. The van der Waals surface area contributed by atoms with Crippen LogP contribution in [-0.2, 0) is 19.1 Å². The molecule has 3 rings (SSSR count). The molecule has 190 valence electrons. The van der Waals surface area contributed by atoms with Crippen molar-refractivity contribution in [3.05, 3.63) is 62.5 Å². The highest BCUT2D eigenvalue weighted by Gasteiger charge is 2.39. The number of non-ortho nitro benzene ring substituents is 1. The Balaban J connectivity index is 0.00000432. The number of hydrogen-bond donors (Lipinski definition) is 2. The lowest BCUT2D eigenvalue weighted by Gasteiger charge is -2.31. The van der Waals surface area contributed by atoms with Gasteiger partial charge in [0.25, 0.3) is 5.69 Å². The van der Waals surface area contributed by atoms with Crippen LogP contribution in [0.2, 0.25) is 0 Å². The number of amidine groups is 1. The minimum atomic E-state index is -0.892. The van der Waals surface area contributed by atoms with Crippen LogP contribution < -0.4 is 10.6 Å². The molecule has 2 aliphatic rings. The maximum Gasteiger partial charge on any atom is 0.336 e. The number of esters is 2. The molecule has 2 N–H and O–H groups in total. The summed E-state index contributed by atoms with van der Waals surface area (Å²) >= 11 is 1.43. The second-order valence-electron chi connectivity index (χ2n) is 7.54. The molecular formula is C23H29ClN4O6S. The predicted octanol–water partition coefficient (Wildman–Crippen LogP) is 3.44. The lowest BCUT2D eigenvalue weighted by Crippen LogP contribution is -2.35. The SMILES string of the molecule is CCOC(=O)C1=C(C)NC(CSC2=NCCCN2)=C(C(=O)OCC)C1c1cccc([N+](=O)[O-])c1.Cl. The number of nitrogens with zero attached hydrogens (tertiary/aromatic N) is 2. The van der Waals surface area contributed by atoms with Crippen LogP contribution in [0.25, 0.3) is 0 Å². The van der Waals surface area contributed by atoms with E-state index in [4.69, 9.17) is 9.47 Å². The van der Waals surface area contributed by atoms with E-state index in [1.165, 1.54) is 30.0 Å². The fourth-order valence-electron chi connectivity index (χ4n) is 3.84. The number of rotatable bonds is 8. The van der Waals surface area contributed by atoms with Gasteiger partial charge in [0.05, 0.1) is 35.2 Å². The summed E-state index contributed by atoms with van der Waals surface area (Å²) in [7, 11) is 0. The minimum absolute atomic E-state index is 0. The van der Waals surface area contributed by atoms with Gasteiger partial charge in [0.15, 0.2) is 5.17 Å². The van der Waals surface area contributed by atoms with E-state index in [-0.39, 0.29) is 42.5 Å². The maximum atomic E-state index is 13.2. The Bertz CT molecular complexity index is 1070. The second kappa shape index (κ2) is 13.1. The van der Waals surface area contributed by atoms with Crippen LogP contribution in [-0.4, -0.2) is 54.1 Å². The first-order valence-electron chi connectivity index (χ1n) is 11.1. The fourth-order valence-corrected chi connectivity index (χ4v) is 4.73. The highest BCUT2D eigenvalue weighted by Crippen LogP contribution is 2.41. The van der Waals surface area contributed by atoms with Crippen molar-refractivity contribution in [2.75, 3.05) is 32.1 Å². The van der Waals surface area contributed by atoms with Gasteiger partial charge < -0.3 is 20.1 Å². The molecule has 0 fully saturated rings. The number of dihydropyridines is 1. The van der Waals surface area contributed by atoms with Crippen molar-refractivity contribution in [3.63, 3.8) is 0 Å². The first kappa shape index (κ1) is 28.2. The molecule has 0 radical (unpaired) electrons. The Morgan fingerprint density at radius 1 is 1.20 bits per heavy atom. The molecule has 0 amide bonds. The Morgan fingerprint density at radius 2 is 1.89 bits per heavy atom. The van der Waals surface area contributed by atoms with Gasteiger partial charge in [0, 0.05) is 42.4 Å². The first-order valence-corrected chi connectivity index (χ1v) is 12.1. The predicted molar refractivity (Wildman–Crippen MR) is 137 cm³/mol. The zero-order valence-electron chi connectivity index (χ0n) is 19.8. The maximum absolute atomic E-state index is 13.2. The number of carbonyl (C=O) groups is 2. The topological polar surface area (TPSA) is 132 Å². The normalized spacial score (nSPS) is 17.5. The third-order valence-corrected chi connectivity index (χ3v) is 6.25. The summed E-state index contributed by atoms with van der Waals surface area (Å²) in [6, 6.07) is 5.93. The molecule has 1 aromatic carbocycles. The van der Waals surface area contributed by atoms with E-state index in [0.717, 1.165) is 24.7 Å². The molecule has 2 heterocycles. The minimum Gasteiger partial charge on any atom is -0.463 e. The molecule has 1 atom stereocenters. The smallest absolute Gasteiger partial charge is 0.336 e. The Kier molecular flexibility index (Phi) is 10.6. The molecule has 0 bridgehead atoms. The zero-order valence-corrected chi connectivity index (χ0v) is 21.4. The van der Waals surface area contributed by atoms with Crippen LogP contribution in [0, 0.1) is 10.1 Å². The Hall–Kier alpha value is -3.05. The van der Waals surface area contributed by atoms with Crippen molar-refractivity contribution >= 4 is 47.0 Å². The van der Waals surface area contributed by atoms with Gasteiger partial charge in [-0.25, -0.2) is 9.59 Å². The van der Waals surface area contributed by atoms with E-state index in [2.05, 4.69) is 15.6 Å². The molecule has 1 aromatic rings.